The molecule has 1 aromatic heterocycles. The van der Waals surface area contributed by atoms with Gasteiger partial charge < -0.3 is 31.3 Å². The summed E-state index contributed by atoms with van der Waals surface area (Å²) in [6, 6.07) is 5.21. The van der Waals surface area contributed by atoms with E-state index in [-0.39, 0.29) is 35.2 Å². The number of nitrogen functional groups attached to an aromatic ring is 1. The van der Waals surface area contributed by atoms with Crippen LogP contribution in [0.25, 0.3) is 0 Å². The molecule has 1 aromatic carbocycles. The van der Waals surface area contributed by atoms with Gasteiger partial charge in [0.2, 0.25) is 5.95 Å². The van der Waals surface area contributed by atoms with Crippen molar-refractivity contribution in [1.82, 2.24) is 15.3 Å². The molecule has 0 spiro atoms. The number of aromatic nitrogens is 2. The van der Waals surface area contributed by atoms with Crippen LogP contribution in [0, 0.1) is 5.92 Å². The van der Waals surface area contributed by atoms with Crippen molar-refractivity contribution in [3.05, 3.63) is 45.7 Å². The van der Waals surface area contributed by atoms with E-state index in [0.717, 1.165) is 5.69 Å². The molecule has 3 rings (SSSR count). The average Bonchev–Trinajstić information content (AvgIpc) is 2.75. The molecule has 2 aromatic rings. The second kappa shape index (κ2) is 10.2. The molecule has 0 aliphatic carbocycles. The zero-order chi connectivity index (χ0) is 23.3. The van der Waals surface area contributed by atoms with Crippen LogP contribution in [0.3, 0.4) is 0 Å². The maximum atomic E-state index is 12.3. The fraction of sp³-hybridized carbons (Fsp3) is 0.368. The number of aromatic amines is 1. The van der Waals surface area contributed by atoms with Crippen molar-refractivity contribution in [3.8, 4) is 0 Å². The average molecular weight is 465 g/mol. The minimum Gasteiger partial charge on any atom is -0.480 e. The topological polar surface area (TPSA) is 200 Å². The van der Waals surface area contributed by atoms with Crippen molar-refractivity contribution < 1.29 is 23.5 Å². The second-order valence-electron chi connectivity index (χ2n) is 7.37. The number of carboxylic acid groups (broad SMARTS) is 1. The summed E-state index contributed by atoms with van der Waals surface area (Å²) in [5.74, 6) is -1.42. The summed E-state index contributed by atoms with van der Waals surface area (Å²) in [5, 5.41) is 17.9. The number of hydrogen-bond donors (Lipinski definition) is 7. The van der Waals surface area contributed by atoms with Crippen LogP contribution in [-0.4, -0.2) is 60.6 Å². The highest BCUT2D eigenvalue weighted by atomic mass is 32.2. The molecular formula is C19H24N6O6S. The quantitative estimate of drug-likeness (QED) is 0.245. The highest BCUT2D eigenvalue weighted by Crippen LogP contribution is 2.20. The molecule has 0 saturated heterocycles. The van der Waals surface area contributed by atoms with Crippen molar-refractivity contribution in [1.29, 1.82) is 0 Å². The third-order valence-electron chi connectivity index (χ3n) is 5.01. The molecular weight excluding hydrogens is 440 g/mol. The van der Waals surface area contributed by atoms with Gasteiger partial charge in [0, 0.05) is 24.3 Å². The first kappa shape index (κ1) is 23.2. The number of benzene rings is 1. The van der Waals surface area contributed by atoms with Gasteiger partial charge in [-0.05, 0) is 43.0 Å². The van der Waals surface area contributed by atoms with Crippen molar-refractivity contribution in [2.75, 3.05) is 35.2 Å². The molecule has 3 atom stereocenters. The molecule has 32 heavy (non-hydrogen) atoms. The van der Waals surface area contributed by atoms with Crippen LogP contribution in [0.2, 0.25) is 0 Å². The number of fused-ring (bicyclic) bond motifs is 1. The largest absolute Gasteiger partial charge is 0.480 e. The number of rotatable bonds is 9. The SMILES string of the molecule is Nc1nc2c(c(=O)[nH]1)CC(CNc1ccc(C(=O)N[C@@H](CCS(=O)O)C(=O)O)cc1)CN2. The van der Waals surface area contributed by atoms with Crippen LogP contribution in [0.15, 0.2) is 29.1 Å². The van der Waals surface area contributed by atoms with E-state index in [2.05, 4.69) is 25.9 Å². The Kier molecular flexibility index (Phi) is 7.43. The Labute approximate surface area is 185 Å². The highest BCUT2D eigenvalue weighted by Gasteiger charge is 2.23. The predicted octanol–water partition coefficient (Wildman–Crippen LogP) is -0.157. The third-order valence-corrected chi connectivity index (χ3v) is 5.60. The zero-order valence-electron chi connectivity index (χ0n) is 17.0. The number of carboxylic acids is 1. The Morgan fingerprint density at radius 2 is 2.03 bits per heavy atom. The zero-order valence-corrected chi connectivity index (χ0v) is 17.8. The fourth-order valence-electron chi connectivity index (χ4n) is 3.32. The van der Waals surface area contributed by atoms with Gasteiger partial charge in [-0.15, -0.1) is 0 Å². The highest BCUT2D eigenvalue weighted by molar-refractivity contribution is 7.79. The molecule has 1 aliphatic rings. The van der Waals surface area contributed by atoms with Crippen molar-refractivity contribution in [2.45, 2.75) is 18.9 Å². The van der Waals surface area contributed by atoms with Crippen molar-refractivity contribution in [2.24, 2.45) is 5.92 Å². The monoisotopic (exact) mass is 464 g/mol. The lowest BCUT2D eigenvalue weighted by molar-refractivity contribution is -0.139. The molecule has 8 N–H and O–H groups in total. The Hall–Kier alpha value is -3.45. The number of nitrogens with two attached hydrogens (primary N) is 1. The number of nitrogens with one attached hydrogen (secondary N) is 4. The van der Waals surface area contributed by atoms with E-state index in [4.69, 9.17) is 15.4 Å². The molecule has 172 valence electrons. The summed E-state index contributed by atoms with van der Waals surface area (Å²) >= 11 is -2.14. The summed E-state index contributed by atoms with van der Waals surface area (Å²) < 4.78 is 19.6. The number of carbonyl (C=O) groups excluding carboxylic acids is 1. The lowest BCUT2D eigenvalue weighted by Crippen LogP contribution is -2.41. The summed E-state index contributed by atoms with van der Waals surface area (Å²) in [6.45, 7) is 1.19. The Morgan fingerprint density at radius 1 is 1.31 bits per heavy atom. The number of anilines is 3. The van der Waals surface area contributed by atoms with Gasteiger partial charge >= 0.3 is 5.97 Å². The lowest BCUT2D eigenvalue weighted by Gasteiger charge is -2.25. The minimum absolute atomic E-state index is 0.0694. The van der Waals surface area contributed by atoms with Crippen molar-refractivity contribution >= 4 is 40.4 Å². The number of aliphatic carboxylic acids is 1. The van der Waals surface area contributed by atoms with E-state index in [9.17, 15) is 18.6 Å². The van der Waals surface area contributed by atoms with Gasteiger partial charge in [0.05, 0.1) is 11.3 Å². The van der Waals surface area contributed by atoms with Crippen LogP contribution in [0.4, 0.5) is 17.5 Å². The van der Waals surface area contributed by atoms with Crippen LogP contribution < -0.4 is 27.2 Å². The molecule has 0 fully saturated rings. The summed E-state index contributed by atoms with van der Waals surface area (Å²) in [6.07, 6.45) is 0.376. The number of amides is 1. The normalized spacial score (nSPS) is 16.8. The van der Waals surface area contributed by atoms with Gasteiger partial charge in [-0.3, -0.25) is 14.6 Å². The van der Waals surface area contributed by atoms with E-state index < -0.39 is 29.0 Å². The van der Waals surface area contributed by atoms with Gasteiger partial charge in [-0.1, -0.05) is 0 Å². The molecule has 1 amide bonds. The fourth-order valence-corrected chi connectivity index (χ4v) is 3.75. The molecule has 13 heteroatoms. The number of hydrogen-bond acceptors (Lipinski definition) is 8. The van der Waals surface area contributed by atoms with Crippen LogP contribution >= 0.6 is 0 Å². The van der Waals surface area contributed by atoms with Gasteiger partial charge in [0.1, 0.15) is 11.9 Å². The first-order chi connectivity index (χ1) is 15.2. The van der Waals surface area contributed by atoms with Gasteiger partial charge in [0.25, 0.3) is 11.5 Å². The Morgan fingerprint density at radius 3 is 2.69 bits per heavy atom. The lowest BCUT2D eigenvalue weighted by atomic mass is 9.96. The molecule has 2 unspecified atom stereocenters. The number of nitrogens with zero attached hydrogens (tertiary/aromatic N) is 1. The van der Waals surface area contributed by atoms with E-state index in [1.54, 1.807) is 24.3 Å². The number of carbonyl (C=O) groups is 2. The van der Waals surface area contributed by atoms with Crippen LogP contribution in [-0.2, 0) is 22.3 Å². The predicted molar refractivity (Wildman–Crippen MR) is 119 cm³/mol. The minimum atomic E-state index is -2.14. The molecule has 0 saturated carbocycles. The second-order valence-corrected chi connectivity index (χ2v) is 8.42. The summed E-state index contributed by atoms with van der Waals surface area (Å²) in [4.78, 5) is 42.2. The molecule has 12 nitrogen and oxygen atoms in total. The molecule has 0 bridgehead atoms. The van der Waals surface area contributed by atoms with E-state index >= 15 is 0 Å². The smallest absolute Gasteiger partial charge is 0.326 e. The molecule has 2 heterocycles. The maximum absolute atomic E-state index is 12.3. The van der Waals surface area contributed by atoms with Crippen molar-refractivity contribution in [3.63, 3.8) is 0 Å². The molecule has 0 radical (unpaired) electrons. The van der Waals surface area contributed by atoms with Gasteiger partial charge in [-0.2, -0.15) is 4.98 Å². The van der Waals surface area contributed by atoms with E-state index in [0.29, 0.717) is 30.9 Å². The Balaban J connectivity index is 1.54. The first-order valence-corrected chi connectivity index (χ1v) is 11.1. The third kappa shape index (κ3) is 6.04. The Bertz CT molecular complexity index is 1070. The van der Waals surface area contributed by atoms with E-state index in [1.807, 2.05) is 0 Å². The van der Waals surface area contributed by atoms with Crippen LogP contribution in [0.5, 0.6) is 0 Å². The maximum Gasteiger partial charge on any atom is 0.326 e. The summed E-state index contributed by atoms with van der Waals surface area (Å²) in [7, 11) is 0. The number of H-pyrrole nitrogens is 1. The van der Waals surface area contributed by atoms with Gasteiger partial charge in [-0.25, -0.2) is 9.00 Å². The van der Waals surface area contributed by atoms with Gasteiger partial charge in [0.15, 0.2) is 11.1 Å². The standard InChI is InChI=1S/C19H24N6O6S/c20-19-24-15-13(17(27)25-19)7-10(9-22-15)8-21-12-3-1-11(2-4-12)16(26)23-14(18(28)29)5-6-32(30)31/h1-4,10,14,21H,5-9H2,(H,23,26)(H,28,29)(H,30,31)(H4,20,22,24,25,27)/t10?,14-/m0/s1. The van der Waals surface area contributed by atoms with Crippen LogP contribution in [0.1, 0.15) is 22.3 Å². The summed E-state index contributed by atoms with van der Waals surface area (Å²) in [5.41, 5.74) is 6.86. The van der Waals surface area contributed by atoms with E-state index in [1.165, 1.54) is 0 Å². The molecule has 1 aliphatic heterocycles. The first-order valence-electron chi connectivity index (χ1n) is 9.80.